The molecule has 0 aromatic carbocycles. The van der Waals surface area contributed by atoms with Gasteiger partial charge in [0.25, 0.3) is 0 Å². The minimum Gasteiger partial charge on any atom is -0.481 e. The van der Waals surface area contributed by atoms with Crippen LogP contribution in [0.2, 0.25) is 0 Å². The molecule has 2 N–H and O–H groups in total. The highest BCUT2D eigenvalue weighted by atomic mass is 16.5. The third-order valence-electron chi connectivity index (χ3n) is 1.59. The zero-order chi connectivity index (χ0) is 11.0. The number of nitrogens with zero attached hydrogens (tertiary/aromatic N) is 1. The molecular formula is C8H15NO5. The maximum Gasteiger partial charge on any atom is 0.305 e. The van der Waals surface area contributed by atoms with E-state index >= 15 is 0 Å². The third kappa shape index (κ3) is 5.50. The van der Waals surface area contributed by atoms with Crippen molar-refractivity contribution in [2.24, 2.45) is 0 Å². The Morgan fingerprint density at radius 1 is 1.36 bits per heavy atom. The van der Waals surface area contributed by atoms with Gasteiger partial charge in [0, 0.05) is 20.2 Å². The van der Waals surface area contributed by atoms with Crippen LogP contribution in [-0.4, -0.2) is 60.4 Å². The molecule has 0 unspecified atom stereocenters. The Bertz CT molecular complexity index is 194. The fourth-order valence-corrected chi connectivity index (χ4v) is 0.927. The second-order valence-electron chi connectivity index (χ2n) is 2.68. The second kappa shape index (κ2) is 7.28. The van der Waals surface area contributed by atoms with E-state index in [2.05, 4.69) is 4.74 Å². The summed E-state index contributed by atoms with van der Waals surface area (Å²) >= 11 is 0. The van der Waals surface area contributed by atoms with Crippen LogP contribution in [-0.2, 0) is 14.3 Å². The SMILES string of the molecule is COCC(=O)N(CCO)CCC(=O)O. The van der Waals surface area contributed by atoms with Gasteiger partial charge in [0.1, 0.15) is 6.61 Å². The van der Waals surface area contributed by atoms with E-state index in [4.69, 9.17) is 10.2 Å². The largest absolute Gasteiger partial charge is 0.481 e. The highest BCUT2D eigenvalue weighted by Crippen LogP contribution is 1.93. The summed E-state index contributed by atoms with van der Waals surface area (Å²) in [6.45, 7) is -0.0533. The van der Waals surface area contributed by atoms with Gasteiger partial charge in [-0.3, -0.25) is 9.59 Å². The fourth-order valence-electron chi connectivity index (χ4n) is 0.927. The molecular weight excluding hydrogens is 190 g/mol. The Morgan fingerprint density at radius 2 is 2.00 bits per heavy atom. The molecule has 0 bridgehead atoms. The van der Waals surface area contributed by atoms with Crippen molar-refractivity contribution in [1.82, 2.24) is 4.90 Å². The monoisotopic (exact) mass is 205 g/mol. The maximum atomic E-state index is 11.2. The van der Waals surface area contributed by atoms with Crippen molar-refractivity contribution in [3.63, 3.8) is 0 Å². The molecule has 0 aromatic heterocycles. The summed E-state index contributed by atoms with van der Waals surface area (Å²) in [5.74, 6) is -1.29. The van der Waals surface area contributed by atoms with Crippen LogP contribution in [0.5, 0.6) is 0 Å². The van der Waals surface area contributed by atoms with Crippen LogP contribution in [0.4, 0.5) is 0 Å². The number of hydrogen-bond donors (Lipinski definition) is 2. The second-order valence-corrected chi connectivity index (χ2v) is 2.68. The van der Waals surface area contributed by atoms with Gasteiger partial charge >= 0.3 is 5.97 Å². The Morgan fingerprint density at radius 3 is 2.43 bits per heavy atom. The molecule has 1 amide bonds. The third-order valence-corrected chi connectivity index (χ3v) is 1.59. The average molecular weight is 205 g/mol. The average Bonchev–Trinajstić information content (AvgIpc) is 2.12. The topological polar surface area (TPSA) is 87.1 Å². The number of hydrogen-bond acceptors (Lipinski definition) is 4. The van der Waals surface area contributed by atoms with Crippen LogP contribution in [0.3, 0.4) is 0 Å². The molecule has 0 heterocycles. The van der Waals surface area contributed by atoms with E-state index in [-0.39, 0.29) is 38.6 Å². The highest BCUT2D eigenvalue weighted by Gasteiger charge is 2.13. The van der Waals surface area contributed by atoms with E-state index in [9.17, 15) is 9.59 Å². The van der Waals surface area contributed by atoms with Crippen LogP contribution >= 0.6 is 0 Å². The summed E-state index contributed by atoms with van der Waals surface area (Å²) in [6.07, 6.45) is -0.130. The first-order valence-electron chi connectivity index (χ1n) is 4.21. The predicted molar refractivity (Wildman–Crippen MR) is 47.8 cm³/mol. The van der Waals surface area contributed by atoms with Gasteiger partial charge in [-0.2, -0.15) is 0 Å². The number of methoxy groups -OCH3 is 1. The fraction of sp³-hybridized carbons (Fsp3) is 0.750. The van der Waals surface area contributed by atoms with Gasteiger partial charge in [0.2, 0.25) is 5.91 Å². The molecule has 0 saturated heterocycles. The molecule has 6 nitrogen and oxygen atoms in total. The number of aliphatic carboxylic acids is 1. The molecule has 82 valence electrons. The molecule has 6 heteroatoms. The first-order chi connectivity index (χ1) is 6.61. The molecule has 0 radical (unpaired) electrons. The number of aliphatic hydroxyl groups is 1. The van der Waals surface area contributed by atoms with Crippen molar-refractivity contribution in [2.75, 3.05) is 33.4 Å². The number of carboxylic acids is 1. The van der Waals surface area contributed by atoms with Gasteiger partial charge in [-0.05, 0) is 0 Å². The van der Waals surface area contributed by atoms with Gasteiger partial charge in [0.05, 0.1) is 13.0 Å². The molecule has 0 spiro atoms. The van der Waals surface area contributed by atoms with Crippen molar-refractivity contribution >= 4 is 11.9 Å². The number of carbonyl (C=O) groups is 2. The number of aliphatic hydroxyl groups excluding tert-OH is 1. The molecule has 0 atom stereocenters. The first kappa shape index (κ1) is 12.9. The minimum absolute atomic E-state index is 0.0953. The van der Waals surface area contributed by atoms with Crippen molar-refractivity contribution in [1.29, 1.82) is 0 Å². The molecule has 0 rings (SSSR count). The van der Waals surface area contributed by atoms with E-state index in [1.807, 2.05) is 0 Å². The van der Waals surface area contributed by atoms with Gasteiger partial charge < -0.3 is 19.8 Å². The maximum absolute atomic E-state index is 11.2. The lowest BCUT2D eigenvalue weighted by Gasteiger charge is -2.20. The lowest BCUT2D eigenvalue weighted by atomic mass is 10.3. The highest BCUT2D eigenvalue weighted by molar-refractivity contribution is 5.78. The number of carbonyl (C=O) groups excluding carboxylic acids is 1. The normalized spacial score (nSPS) is 9.86. The van der Waals surface area contributed by atoms with Crippen LogP contribution in [0, 0.1) is 0 Å². The van der Waals surface area contributed by atoms with Crippen molar-refractivity contribution in [3.05, 3.63) is 0 Å². The summed E-state index contributed by atoms with van der Waals surface area (Å²) in [4.78, 5) is 22.8. The molecule has 0 fully saturated rings. The van der Waals surface area contributed by atoms with E-state index in [1.165, 1.54) is 12.0 Å². The van der Waals surface area contributed by atoms with Crippen molar-refractivity contribution in [2.45, 2.75) is 6.42 Å². The van der Waals surface area contributed by atoms with Crippen molar-refractivity contribution in [3.8, 4) is 0 Å². The van der Waals surface area contributed by atoms with Gasteiger partial charge in [0.15, 0.2) is 0 Å². The van der Waals surface area contributed by atoms with Crippen LogP contribution in [0.25, 0.3) is 0 Å². The van der Waals surface area contributed by atoms with Crippen LogP contribution < -0.4 is 0 Å². The molecule has 0 aromatic rings. The summed E-state index contributed by atoms with van der Waals surface area (Å²) in [7, 11) is 1.38. The number of ether oxygens (including phenoxy) is 1. The summed E-state index contributed by atoms with van der Waals surface area (Å²) in [5.41, 5.74) is 0. The lowest BCUT2D eigenvalue weighted by Crippen LogP contribution is -2.37. The Labute approximate surface area is 82.1 Å². The van der Waals surface area contributed by atoms with Gasteiger partial charge in [-0.1, -0.05) is 0 Å². The van der Waals surface area contributed by atoms with E-state index in [1.54, 1.807) is 0 Å². The van der Waals surface area contributed by atoms with E-state index in [0.717, 1.165) is 0 Å². The van der Waals surface area contributed by atoms with Gasteiger partial charge in [-0.25, -0.2) is 0 Å². The summed E-state index contributed by atoms with van der Waals surface area (Å²) in [5, 5.41) is 17.0. The zero-order valence-electron chi connectivity index (χ0n) is 8.10. The number of rotatable bonds is 7. The molecule has 0 aliphatic carbocycles. The number of carboxylic acid groups (broad SMARTS) is 1. The minimum atomic E-state index is -0.974. The molecule has 0 aliphatic rings. The Hall–Kier alpha value is -1.14. The van der Waals surface area contributed by atoms with E-state index in [0.29, 0.717) is 0 Å². The predicted octanol–water partition coefficient (Wildman–Crippen LogP) is -1.07. The molecule has 0 saturated carbocycles. The molecule has 14 heavy (non-hydrogen) atoms. The van der Waals surface area contributed by atoms with Crippen molar-refractivity contribution < 1.29 is 24.5 Å². The smallest absolute Gasteiger partial charge is 0.305 e. The van der Waals surface area contributed by atoms with E-state index < -0.39 is 5.97 Å². The number of amides is 1. The Kier molecular flexibility index (Phi) is 6.69. The first-order valence-corrected chi connectivity index (χ1v) is 4.21. The Balaban J connectivity index is 3.99. The lowest BCUT2D eigenvalue weighted by molar-refractivity contribution is -0.139. The summed E-state index contributed by atoms with van der Waals surface area (Å²) in [6, 6.07) is 0. The van der Waals surface area contributed by atoms with Gasteiger partial charge in [-0.15, -0.1) is 0 Å². The zero-order valence-corrected chi connectivity index (χ0v) is 8.10. The summed E-state index contributed by atoms with van der Waals surface area (Å²) < 4.78 is 4.62. The molecule has 0 aliphatic heterocycles. The quantitative estimate of drug-likeness (QED) is 0.552. The van der Waals surface area contributed by atoms with Crippen LogP contribution in [0.1, 0.15) is 6.42 Å². The van der Waals surface area contributed by atoms with Crippen LogP contribution in [0.15, 0.2) is 0 Å². The standard InChI is InChI=1S/C8H15NO5/c1-14-6-7(11)9(4-5-10)3-2-8(12)13/h10H,2-6H2,1H3,(H,12,13).